The van der Waals surface area contributed by atoms with Crippen molar-refractivity contribution in [2.75, 3.05) is 5.73 Å². The fourth-order valence-electron chi connectivity index (χ4n) is 0.668. The van der Waals surface area contributed by atoms with Crippen LogP contribution in [-0.4, -0.2) is 0 Å². The maximum absolute atomic E-state index is 13.0. The van der Waals surface area contributed by atoms with Gasteiger partial charge in [0.2, 0.25) is 0 Å². The number of hydrogen-bond acceptors (Lipinski definition) is 1. The highest BCUT2D eigenvalue weighted by Gasteiger charge is 2.25. The molecule has 0 bridgehead atoms. The van der Waals surface area contributed by atoms with Crippen molar-refractivity contribution < 1.29 is 14.3 Å². The summed E-state index contributed by atoms with van der Waals surface area (Å²) in [6.45, 7) is 0.541. The summed E-state index contributed by atoms with van der Waals surface area (Å²) in [6.07, 6.45) is 0. The molecule has 0 saturated carbocycles. The second-order valence-electron chi connectivity index (χ2n) is 2.18. The molecule has 1 rings (SSSR count). The summed E-state index contributed by atoms with van der Waals surface area (Å²) in [5.74, 6) is -3.39. The molecule has 0 heterocycles. The summed E-state index contributed by atoms with van der Waals surface area (Å²) < 4.78 is 55.0. The van der Waals surface area contributed by atoms with E-state index in [1.54, 1.807) is 0 Å². The minimum absolute atomic E-state index is 0.541. The van der Waals surface area contributed by atoms with Gasteiger partial charge in [-0.2, -0.15) is 0 Å². The molecule has 2 N–H and O–H groups in total. The summed E-state index contributed by atoms with van der Waals surface area (Å²) in [4.78, 5) is 0. The van der Waals surface area contributed by atoms with E-state index in [9.17, 15) is 8.78 Å². The minimum Gasteiger partial charge on any atom is -0.398 e. The standard InChI is InChI=1S/C8H9F2N/c1-8(9,10)6-4-2-3-5-7(6)11/h2-5H,11H2,1H3/i2D,3D,4D,5D. The summed E-state index contributed by atoms with van der Waals surface area (Å²) >= 11 is 0. The van der Waals surface area contributed by atoms with E-state index in [1.807, 2.05) is 0 Å². The molecule has 11 heavy (non-hydrogen) atoms. The van der Waals surface area contributed by atoms with Crippen molar-refractivity contribution in [3.05, 3.63) is 29.7 Å². The number of alkyl halides is 2. The van der Waals surface area contributed by atoms with Crippen LogP contribution in [0.1, 0.15) is 18.0 Å². The van der Waals surface area contributed by atoms with Gasteiger partial charge in [0.1, 0.15) is 0 Å². The predicted octanol–water partition coefficient (Wildman–Crippen LogP) is 2.38. The molecule has 0 fully saturated rings. The fraction of sp³-hybridized carbons (Fsp3) is 0.250. The van der Waals surface area contributed by atoms with Crippen LogP contribution in [0.25, 0.3) is 0 Å². The first-order valence-electron chi connectivity index (χ1n) is 4.92. The Morgan fingerprint density at radius 2 is 2.00 bits per heavy atom. The van der Waals surface area contributed by atoms with Gasteiger partial charge in [-0.1, -0.05) is 18.1 Å². The molecule has 0 spiro atoms. The molecule has 60 valence electrons. The Morgan fingerprint density at radius 3 is 2.55 bits per heavy atom. The molecule has 1 aromatic rings. The van der Waals surface area contributed by atoms with Gasteiger partial charge < -0.3 is 5.73 Å². The van der Waals surface area contributed by atoms with E-state index < -0.39 is 41.3 Å². The summed E-state index contributed by atoms with van der Waals surface area (Å²) in [7, 11) is 0. The molecule has 0 saturated heterocycles. The zero-order valence-electron chi connectivity index (χ0n) is 9.83. The summed E-state index contributed by atoms with van der Waals surface area (Å²) in [6, 6.07) is -2.73. The molecule has 0 unspecified atom stereocenters. The van der Waals surface area contributed by atoms with Crippen LogP contribution in [0.4, 0.5) is 14.5 Å². The largest absolute Gasteiger partial charge is 0.398 e. The Labute approximate surface area is 69.5 Å². The van der Waals surface area contributed by atoms with Gasteiger partial charge in [-0.25, -0.2) is 8.78 Å². The van der Waals surface area contributed by atoms with Gasteiger partial charge in [-0.3, -0.25) is 0 Å². The average molecular weight is 161 g/mol. The minimum atomic E-state index is -3.39. The van der Waals surface area contributed by atoms with Gasteiger partial charge >= 0.3 is 0 Å². The quantitative estimate of drug-likeness (QED) is 0.629. The van der Waals surface area contributed by atoms with Crippen LogP contribution in [0.15, 0.2) is 24.2 Å². The SMILES string of the molecule is [2H]c1c([2H])c([2H])c(C(C)(F)F)c(N)c1[2H]. The van der Waals surface area contributed by atoms with Gasteiger partial charge in [-0.05, 0) is 6.04 Å². The van der Waals surface area contributed by atoms with Crippen LogP contribution in [0.3, 0.4) is 0 Å². The normalized spacial score (nSPS) is 16.6. The first-order chi connectivity index (χ1) is 6.68. The maximum atomic E-state index is 13.0. The van der Waals surface area contributed by atoms with Crippen LogP contribution in [0.2, 0.25) is 0 Å². The highest BCUT2D eigenvalue weighted by molar-refractivity contribution is 5.48. The zero-order chi connectivity index (χ0) is 12.0. The molecule has 1 nitrogen and oxygen atoms in total. The van der Waals surface area contributed by atoms with E-state index in [0.717, 1.165) is 0 Å². The lowest BCUT2D eigenvalue weighted by atomic mass is 10.1. The van der Waals surface area contributed by atoms with Crippen molar-refractivity contribution in [1.29, 1.82) is 0 Å². The number of nitrogen functional groups attached to an aromatic ring is 1. The molecule has 0 aliphatic carbocycles. The van der Waals surface area contributed by atoms with Gasteiger partial charge in [0.15, 0.2) is 0 Å². The third kappa shape index (κ3) is 1.67. The van der Waals surface area contributed by atoms with Crippen molar-refractivity contribution in [3.8, 4) is 0 Å². The first-order valence-corrected chi connectivity index (χ1v) is 2.92. The second-order valence-corrected chi connectivity index (χ2v) is 2.18. The van der Waals surface area contributed by atoms with Crippen LogP contribution >= 0.6 is 0 Å². The Balaban J connectivity index is 3.68. The van der Waals surface area contributed by atoms with Crippen LogP contribution in [-0.2, 0) is 5.92 Å². The van der Waals surface area contributed by atoms with Crippen molar-refractivity contribution in [3.63, 3.8) is 0 Å². The molecule has 0 aromatic heterocycles. The number of para-hydroxylation sites is 1. The fourth-order valence-corrected chi connectivity index (χ4v) is 0.668. The van der Waals surface area contributed by atoms with Crippen LogP contribution in [0, 0.1) is 0 Å². The number of hydrogen-bond donors (Lipinski definition) is 1. The molecule has 1 aromatic carbocycles. The van der Waals surface area contributed by atoms with Crippen molar-refractivity contribution in [2.24, 2.45) is 0 Å². The number of benzene rings is 1. The van der Waals surface area contributed by atoms with E-state index in [4.69, 9.17) is 11.2 Å². The molecule has 0 radical (unpaired) electrons. The molecular formula is C8H9F2N. The maximum Gasteiger partial charge on any atom is 0.272 e. The lowest BCUT2D eigenvalue weighted by Gasteiger charge is -2.12. The highest BCUT2D eigenvalue weighted by Crippen LogP contribution is 2.30. The number of rotatable bonds is 1. The number of anilines is 1. The van der Waals surface area contributed by atoms with E-state index in [1.165, 1.54) is 0 Å². The molecule has 0 atom stereocenters. The molecular weight excluding hydrogens is 148 g/mol. The van der Waals surface area contributed by atoms with Gasteiger partial charge in [-0.15, -0.1) is 0 Å². The zero-order valence-corrected chi connectivity index (χ0v) is 5.83. The molecule has 0 amide bonds. The Morgan fingerprint density at radius 1 is 1.45 bits per heavy atom. The summed E-state index contributed by atoms with van der Waals surface area (Å²) in [5.41, 5.74) is 3.79. The van der Waals surface area contributed by atoms with Gasteiger partial charge in [0.25, 0.3) is 5.92 Å². The van der Waals surface area contributed by atoms with Gasteiger partial charge in [0, 0.05) is 18.2 Å². The Hall–Kier alpha value is -1.12. The Bertz CT molecular complexity index is 385. The third-order valence-electron chi connectivity index (χ3n) is 1.16. The number of halogens is 2. The lowest BCUT2D eigenvalue weighted by molar-refractivity contribution is 0.0183. The Kier molecular flexibility index (Phi) is 0.916. The van der Waals surface area contributed by atoms with Crippen LogP contribution in [0.5, 0.6) is 0 Å². The van der Waals surface area contributed by atoms with E-state index >= 15 is 0 Å². The van der Waals surface area contributed by atoms with Crippen molar-refractivity contribution in [1.82, 2.24) is 0 Å². The second kappa shape index (κ2) is 2.49. The van der Waals surface area contributed by atoms with E-state index in [-0.39, 0.29) is 0 Å². The third-order valence-corrected chi connectivity index (χ3v) is 1.16. The smallest absolute Gasteiger partial charge is 0.272 e. The van der Waals surface area contributed by atoms with E-state index in [0.29, 0.717) is 6.92 Å². The van der Waals surface area contributed by atoms with Crippen molar-refractivity contribution >= 4 is 5.69 Å². The average Bonchev–Trinajstić information content (AvgIpc) is 2.09. The monoisotopic (exact) mass is 161 g/mol. The predicted molar refractivity (Wildman–Crippen MR) is 40.4 cm³/mol. The topological polar surface area (TPSA) is 26.0 Å². The van der Waals surface area contributed by atoms with E-state index in [2.05, 4.69) is 0 Å². The summed E-state index contributed by atoms with van der Waals surface area (Å²) in [5, 5.41) is 0. The molecule has 3 heteroatoms. The lowest BCUT2D eigenvalue weighted by Crippen LogP contribution is -2.09. The highest BCUT2D eigenvalue weighted by atomic mass is 19.3. The number of nitrogens with two attached hydrogens (primary N) is 1. The molecule has 0 aliphatic rings. The van der Waals surface area contributed by atoms with Gasteiger partial charge in [0.05, 0.1) is 5.48 Å². The van der Waals surface area contributed by atoms with Crippen molar-refractivity contribution in [2.45, 2.75) is 12.8 Å². The first kappa shape index (κ1) is 4.04. The van der Waals surface area contributed by atoms with Crippen LogP contribution < -0.4 is 5.73 Å². The molecule has 0 aliphatic heterocycles.